The van der Waals surface area contributed by atoms with Crippen LogP contribution in [0.15, 0.2) is 54.6 Å². The zero-order valence-corrected chi connectivity index (χ0v) is 9.77. The Morgan fingerprint density at radius 1 is 0.938 bits per heavy atom. The number of benzene rings is 2. The van der Waals surface area contributed by atoms with E-state index in [1.807, 2.05) is 6.07 Å². The number of rotatable bonds is 3. The van der Waals surface area contributed by atoms with E-state index in [1.54, 1.807) is 0 Å². The molecule has 1 atom stereocenters. The van der Waals surface area contributed by atoms with Crippen molar-refractivity contribution in [3.63, 3.8) is 0 Å². The first-order valence-corrected chi connectivity index (χ1v) is 5.64. The summed E-state index contributed by atoms with van der Waals surface area (Å²) >= 11 is 0. The van der Waals surface area contributed by atoms with E-state index in [4.69, 9.17) is 0 Å². The minimum Gasteiger partial charge on any atom is -0.379 e. The van der Waals surface area contributed by atoms with Crippen LogP contribution < -0.4 is 5.32 Å². The predicted molar refractivity (Wildman–Crippen MR) is 69.7 cm³/mol. The largest absolute Gasteiger partial charge is 0.379 e. The van der Waals surface area contributed by atoms with Gasteiger partial charge in [0.05, 0.1) is 0 Å². The molecule has 2 aromatic carbocycles. The van der Waals surface area contributed by atoms with Crippen molar-refractivity contribution in [1.82, 2.24) is 0 Å². The summed E-state index contributed by atoms with van der Waals surface area (Å²) < 4.78 is 0. The molecule has 0 saturated heterocycles. The molecule has 1 N–H and O–H groups in total. The zero-order valence-electron chi connectivity index (χ0n) is 9.77. The topological polar surface area (TPSA) is 12.0 Å². The second-order valence-corrected chi connectivity index (χ2v) is 4.15. The van der Waals surface area contributed by atoms with Gasteiger partial charge in [-0.2, -0.15) is 0 Å². The van der Waals surface area contributed by atoms with Crippen LogP contribution in [0.4, 0.5) is 5.69 Å². The molecule has 0 saturated carbocycles. The number of aryl methyl sites for hydroxylation is 1. The van der Waals surface area contributed by atoms with Gasteiger partial charge in [-0.05, 0) is 37.1 Å². The molecular weight excluding hydrogens is 194 g/mol. The number of hydrogen-bond donors (Lipinski definition) is 1. The van der Waals surface area contributed by atoms with Crippen LogP contribution in [-0.4, -0.2) is 0 Å². The van der Waals surface area contributed by atoms with Gasteiger partial charge in [-0.3, -0.25) is 0 Å². The van der Waals surface area contributed by atoms with Crippen LogP contribution in [0.3, 0.4) is 0 Å². The Morgan fingerprint density at radius 2 is 1.69 bits per heavy atom. The maximum Gasteiger partial charge on any atom is 0.0485 e. The summed E-state index contributed by atoms with van der Waals surface area (Å²) in [6, 6.07) is 19.3. The second kappa shape index (κ2) is 4.84. The number of anilines is 1. The fourth-order valence-electron chi connectivity index (χ4n) is 1.81. The van der Waals surface area contributed by atoms with Crippen molar-refractivity contribution in [2.24, 2.45) is 0 Å². The molecule has 2 aromatic rings. The molecule has 0 radical (unpaired) electrons. The van der Waals surface area contributed by atoms with E-state index < -0.39 is 0 Å². The van der Waals surface area contributed by atoms with Crippen LogP contribution >= 0.6 is 0 Å². The minimum atomic E-state index is 0.336. The first kappa shape index (κ1) is 10.7. The summed E-state index contributed by atoms with van der Waals surface area (Å²) in [4.78, 5) is 0. The third-order valence-corrected chi connectivity index (χ3v) is 2.70. The van der Waals surface area contributed by atoms with Gasteiger partial charge < -0.3 is 5.32 Å². The summed E-state index contributed by atoms with van der Waals surface area (Å²) in [5, 5.41) is 3.50. The highest BCUT2D eigenvalue weighted by molar-refractivity contribution is 5.47. The summed E-state index contributed by atoms with van der Waals surface area (Å²) in [5.41, 5.74) is 3.77. The molecule has 0 fully saturated rings. The van der Waals surface area contributed by atoms with Crippen LogP contribution in [0, 0.1) is 6.92 Å². The monoisotopic (exact) mass is 211 g/mol. The zero-order chi connectivity index (χ0) is 11.4. The van der Waals surface area contributed by atoms with Gasteiger partial charge >= 0.3 is 0 Å². The van der Waals surface area contributed by atoms with Gasteiger partial charge in [-0.1, -0.05) is 42.5 Å². The van der Waals surface area contributed by atoms with E-state index in [1.165, 1.54) is 16.8 Å². The summed E-state index contributed by atoms with van der Waals surface area (Å²) in [6.45, 7) is 4.29. The Labute approximate surface area is 97.1 Å². The Morgan fingerprint density at radius 3 is 2.38 bits per heavy atom. The molecule has 0 aromatic heterocycles. The van der Waals surface area contributed by atoms with Gasteiger partial charge in [-0.15, -0.1) is 0 Å². The Hall–Kier alpha value is -1.76. The molecule has 1 heteroatoms. The standard InChI is InChI=1S/C15H17N/c1-12-7-6-10-15(11-12)16-13(2)14-8-4-3-5-9-14/h3-11,13,16H,1-2H3/t13-/m0/s1. The van der Waals surface area contributed by atoms with E-state index in [0.717, 1.165) is 0 Å². The lowest BCUT2D eigenvalue weighted by molar-refractivity contribution is 0.884. The molecule has 0 bridgehead atoms. The molecule has 0 amide bonds. The van der Waals surface area contributed by atoms with E-state index in [9.17, 15) is 0 Å². The van der Waals surface area contributed by atoms with E-state index in [-0.39, 0.29) is 0 Å². The van der Waals surface area contributed by atoms with Crippen molar-refractivity contribution in [1.29, 1.82) is 0 Å². The molecule has 0 spiro atoms. The van der Waals surface area contributed by atoms with Crippen LogP contribution in [-0.2, 0) is 0 Å². The van der Waals surface area contributed by atoms with Gasteiger partial charge in [0.25, 0.3) is 0 Å². The molecule has 0 unspecified atom stereocenters. The predicted octanol–water partition coefficient (Wildman–Crippen LogP) is 4.17. The van der Waals surface area contributed by atoms with Crippen LogP contribution in [0.25, 0.3) is 0 Å². The lowest BCUT2D eigenvalue weighted by atomic mass is 10.1. The number of hydrogen-bond acceptors (Lipinski definition) is 1. The fourth-order valence-corrected chi connectivity index (χ4v) is 1.81. The average molecular weight is 211 g/mol. The summed E-state index contributed by atoms with van der Waals surface area (Å²) in [5.74, 6) is 0. The fraction of sp³-hybridized carbons (Fsp3) is 0.200. The first-order valence-electron chi connectivity index (χ1n) is 5.64. The SMILES string of the molecule is Cc1cccc(N[C@@H](C)c2ccccc2)c1. The molecule has 0 aliphatic heterocycles. The normalized spacial score (nSPS) is 12.1. The van der Waals surface area contributed by atoms with Gasteiger partial charge in [-0.25, -0.2) is 0 Å². The van der Waals surface area contributed by atoms with E-state index in [0.29, 0.717) is 6.04 Å². The van der Waals surface area contributed by atoms with Crippen molar-refractivity contribution in [2.45, 2.75) is 19.9 Å². The van der Waals surface area contributed by atoms with Crippen molar-refractivity contribution < 1.29 is 0 Å². The van der Waals surface area contributed by atoms with Crippen LogP contribution in [0.1, 0.15) is 24.1 Å². The molecule has 82 valence electrons. The van der Waals surface area contributed by atoms with Gasteiger partial charge in [0.2, 0.25) is 0 Å². The third-order valence-electron chi connectivity index (χ3n) is 2.70. The highest BCUT2D eigenvalue weighted by Crippen LogP contribution is 2.19. The molecule has 2 rings (SSSR count). The minimum absolute atomic E-state index is 0.336. The van der Waals surface area contributed by atoms with Crippen LogP contribution in [0.5, 0.6) is 0 Å². The third kappa shape index (κ3) is 2.63. The van der Waals surface area contributed by atoms with Gasteiger partial charge in [0.1, 0.15) is 0 Å². The van der Waals surface area contributed by atoms with Gasteiger partial charge in [0.15, 0.2) is 0 Å². The average Bonchev–Trinajstić information content (AvgIpc) is 2.30. The first-order chi connectivity index (χ1) is 7.75. The number of nitrogens with one attached hydrogen (secondary N) is 1. The smallest absolute Gasteiger partial charge is 0.0485 e. The maximum absolute atomic E-state index is 3.50. The van der Waals surface area contributed by atoms with E-state index >= 15 is 0 Å². The lowest BCUT2D eigenvalue weighted by Crippen LogP contribution is -2.06. The van der Waals surface area contributed by atoms with E-state index in [2.05, 4.69) is 67.7 Å². The highest BCUT2D eigenvalue weighted by atomic mass is 14.9. The van der Waals surface area contributed by atoms with Crippen LogP contribution in [0.2, 0.25) is 0 Å². The Bertz CT molecular complexity index is 448. The van der Waals surface area contributed by atoms with Crippen molar-refractivity contribution in [2.75, 3.05) is 5.32 Å². The highest BCUT2D eigenvalue weighted by Gasteiger charge is 2.03. The second-order valence-electron chi connectivity index (χ2n) is 4.15. The summed E-state index contributed by atoms with van der Waals surface area (Å²) in [7, 11) is 0. The van der Waals surface area contributed by atoms with Gasteiger partial charge in [0, 0.05) is 11.7 Å². The molecule has 1 nitrogen and oxygen atoms in total. The Balaban J connectivity index is 2.11. The maximum atomic E-state index is 3.50. The lowest BCUT2D eigenvalue weighted by Gasteiger charge is -2.15. The summed E-state index contributed by atoms with van der Waals surface area (Å²) in [6.07, 6.45) is 0. The molecule has 0 aliphatic carbocycles. The molecule has 0 heterocycles. The van der Waals surface area contributed by atoms with Crippen molar-refractivity contribution in [3.05, 3.63) is 65.7 Å². The molecular formula is C15H17N. The molecule has 0 aliphatic rings. The van der Waals surface area contributed by atoms with Crippen molar-refractivity contribution >= 4 is 5.69 Å². The Kier molecular flexibility index (Phi) is 3.25. The molecule has 16 heavy (non-hydrogen) atoms. The quantitative estimate of drug-likeness (QED) is 0.803. The van der Waals surface area contributed by atoms with Crippen molar-refractivity contribution in [3.8, 4) is 0 Å².